The van der Waals surface area contributed by atoms with Crippen LogP contribution in [0, 0.1) is 6.92 Å². The number of fused-ring (bicyclic) bond motifs is 1. The number of benzene rings is 1. The Kier molecular flexibility index (Phi) is 5.16. The molecule has 2 heteroatoms. The Hall–Kier alpha value is -1.83. The highest BCUT2D eigenvalue weighted by Gasteiger charge is 2.05. The number of allylic oxidation sites excluding steroid dienone is 1. The fourth-order valence-electron chi connectivity index (χ4n) is 2.41. The number of hydrogen-bond acceptors (Lipinski definition) is 1. The first kappa shape index (κ1) is 14.6. The first-order chi connectivity index (χ1) is 9.74. The van der Waals surface area contributed by atoms with E-state index in [0.29, 0.717) is 0 Å². The van der Waals surface area contributed by atoms with Crippen molar-refractivity contribution in [3.05, 3.63) is 51.8 Å². The molecule has 0 unspecified atom stereocenters. The van der Waals surface area contributed by atoms with Gasteiger partial charge in [0, 0.05) is 22.2 Å². The lowest BCUT2D eigenvalue weighted by Crippen LogP contribution is -2.09. The number of aromatic amines is 1. The summed E-state index contributed by atoms with van der Waals surface area (Å²) in [5, 5.41) is 0.769. The van der Waals surface area contributed by atoms with Crippen LogP contribution in [0.5, 0.6) is 0 Å². The quantitative estimate of drug-likeness (QED) is 0.749. The maximum atomic E-state index is 12.3. The van der Waals surface area contributed by atoms with Gasteiger partial charge in [-0.15, -0.1) is 0 Å². The molecule has 106 valence electrons. The molecule has 2 rings (SSSR count). The van der Waals surface area contributed by atoms with Crippen LogP contribution in [0.15, 0.2) is 35.1 Å². The number of aromatic nitrogens is 1. The van der Waals surface area contributed by atoms with Crippen LogP contribution < -0.4 is 5.43 Å². The Labute approximate surface area is 120 Å². The van der Waals surface area contributed by atoms with E-state index in [9.17, 15) is 4.79 Å². The predicted molar refractivity (Wildman–Crippen MR) is 87.1 cm³/mol. The molecule has 0 atom stereocenters. The third-order valence-electron chi connectivity index (χ3n) is 3.69. The summed E-state index contributed by atoms with van der Waals surface area (Å²) in [7, 11) is 0. The second kappa shape index (κ2) is 7.09. The summed E-state index contributed by atoms with van der Waals surface area (Å²) in [6, 6.07) is 7.68. The SMILES string of the molecule is CCCCCC/C=C/c1[nH]c2ccccc2c(=O)c1C. The van der Waals surface area contributed by atoms with Crippen LogP contribution in [0.4, 0.5) is 0 Å². The number of para-hydroxylation sites is 1. The van der Waals surface area contributed by atoms with Gasteiger partial charge >= 0.3 is 0 Å². The molecule has 2 nitrogen and oxygen atoms in total. The molecule has 0 aliphatic carbocycles. The number of H-pyrrole nitrogens is 1. The number of unbranched alkanes of at least 4 members (excludes halogenated alkanes) is 4. The molecule has 0 spiro atoms. The van der Waals surface area contributed by atoms with Crippen LogP contribution in [0.3, 0.4) is 0 Å². The maximum Gasteiger partial charge on any atom is 0.192 e. The van der Waals surface area contributed by atoms with E-state index in [1.807, 2.05) is 31.2 Å². The number of hydrogen-bond donors (Lipinski definition) is 1. The van der Waals surface area contributed by atoms with Crippen molar-refractivity contribution >= 4 is 17.0 Å². The van der Waals surface area contributed by atoms with E-state index >= 15 is 0 Å². The summed E-state index contributed by atoms with van der Waals surface area (Å²) in [5.41, 5.74) is 2.77. The van der Waals surface area contributed by atoms with Crippen LogP contribution in [-0.2, 0) is 0 Å². The highest BCUT2D eigenvalue weighted by Crippen LogP contribution is 2.13. The molecule has 0 aliphatic rings. The van der Waals surface area contributed by atoms with Gasteiger partial charge in [-0.25, -0.2) is 0 Å². The Morgan fingerprint density at radius 1 is 1.15 bits per heavy atom. The molecular weight excluding hydrogens is 246 g/mol. The zero-order chi connectivity index (χ0) is 14.4. The van der Waals surface area contributed by atoms with Crippen LogP contribution in [0.1, 0.15) is 50.3 Å². The molecule has 0 fully saturated rings. The van der Waals surface area contributed by atoms with Gasteiger partial charge < -0.3 is 4.98 Å². The summed E-state index contributed by atoms with van der Waals surface area (Å²) in [6.45, 7) is 4.11. The van der Waals surface area contributed by atoms with Crippen molar-refractivity contribution in [2.45, 2.75) is 46.0 Å². The fraction of sp³-hybridized carbons (Fsp3) is 0.389. The van der Waals surface area contributed by atoms with Gasteiger partial charge in [-0.2, -0.15) is 0 Å². The molecule has 0 saturated carbocycles. The molecule has 2 aromatic rings. The lowest BCUT2D eigenvalue weighted by Gasteiger charge is -2.04. The van der Waals surface area contributed by atoms with E-state index in [1.54, 1.807) is 0 Å². The van der Waals surface area contributed by atoms with Crippen molar-refractivity contribution in [3.63, 3.8) is 0 Å². The van der Waals surface area contributed by atoms with E-state index in [1.165, 1.54) is 25.7 Å². The monoisotopic (exact) mass is 269 g/mol. The first-order valence-corrected chi connectivity index (χ1v) is 7.52. The standard InChI is InChI=1S/C18H23NO/c1-3-4-5-6-7-8-12-16-14(2)18(20)15-11-9-10-13-17(15)19-16/h8-13H,3-7H2,1-2H3,(H,19,20)/b12-8+. The lowest BCUT2D eigenvalue weighted by atomic mass is 10.1. The third-order valence-corrected chi connectivity index (χ3v) is 3.69. The smallest absolute Gasteiger partial charge is 0.192 e. The zero-order valence-electron chi connectivity index (χ0n) is 12.4. The van der Waals surface area contributed by atoms with Gasteiger partial charge in [0.15, 0.2) is 5.43 Å². The molecule has 0 radical (unpaired) electrons. The van der Waals surface area contributed by atoms with Crippen LogP contribution in [0.2, 0.25) is 0 Å². The Bertz CT molecular complexity index is 652. The average molecular weight is 269 g/mol. The fourth-order valence-corrected chi connectivity index (χ4v) is 2.41. The van der Waals surface area contributed by atoms with E-state index in [-0.39, 0.29) is 5.43 Å². The zero-order valence-corrected chi connectivity index (χ0v) is 12.4. The number of rotatable bonds is 6. The van der Waals surface area contributed by atoms with E-state index in [4.69, 9.17) is 0 Å². The third kappa shape index (κ3) is 3.38. The molecule has 0 bridgehead atoms. The normalized spacial score (nSPS) is 11.5. The van der Waals surface area contributed by atoms with Gasteiger partial charge in [0.1, 0.15) is 0 Å². The van der Waals surface area contributed by atoms with Crippen molar-refractivity contribution in [2.75, 3.05) is 0 Å². The molecular formula is C18H23NO. The summed E-state index contributed by atoms with van der Waals surface area (Å²) in [6.07, 6.45) is 10.4. The van der Waals surface area contributed by atoms with Crippen LogP contribution >= 0.6 is 0 Å². The summed E-state index contributed by atoms with van der Waals surface area (Å²) in [4.78, 5) is 15.6. The molecule has 1 aromatic heterocycles. The van der Waals surface area contributed by atoms with Crippen LogP contribution in [0.25, 0.3) is 17.0 Å². The van der Waals surface area contributed by atoms with Gasteiger partial charge in [-0.05, 0) is 38.0 Å². The van der Waals surface area contributed by atoms with Gasteiger partial charge in [0.2, 0.25) is 0 Å². The molecule has 0 amide bonds. The lowest BCUT2D eigenvalue weighted by molar-refractivity contribution is 0.675. The molecule has 0 aliphatic heterocycles. The van der Waals surface area contributed by atoms with E-state index in [2.05, 4.69) is 24.1 Å². The van der Waals surface area contributed by atoms with E-state index < -0.39 is 0 Å². The summed E-state index contributed by atoms with van der Waals surface area (Å²) < 4.78 is 0. The Morgan fingerprint density at radius 3 is 2.75 bits per heavy atom. The predicted octanol–water partition coefficient (Wildman–Crippen LogP) is 4.82. The molecule has 20 heavy (non-hydrogen) atoms. The minimum atomic E-state index is 0.130. The average Bonchev–Trinajstić information content (AvgIpc) is 2.47. The first-order valence-electron chi connectivity index (χ1n) is 7.52. The van der Waals surface area contributed by atoms with Gasteiger partial charge in [0.25, 0.3) is 0 Å². The van der Waals surface area contributed by atoms with Crippen molar-refractivity contribution in [3.8, 4) is 0 Å². The van der Waals surface area contributed by atoms with Crippen molar-refractivity contribution in [1.29, 1.82) is 0 Å². The van der Waals surface area contributed by atoms with E-state index in [0.717, 1.165) is 28.6 Å². The van der Waals surface area contributed by atoms with Crippen molar-refractivity contribution in [2.24, 2.45) is 0 Å². The summed E-state index contributed by atoms with van der Waals surface area (Å²) in [5.74, 6) is 0. The van der Waals surface area contributed by atoms with Crippen LogP contribution in [-0.4, -0.2) is 4.98 Å². The molecule has 1 heterocycles. The van der Waals surface area contributed by atoms with Crippen molar-refractivity contribution in [1.82, 2.24) is 4.98 Å². The topological polar surface area (TPSA) is 32.9 Å². The van der Waals surface area contributed by atoms with Gasteiger partial charge in [-0.1, -0.05) is 44.4 Å². The Balaban J connectivity index is 2.16. The Morgan fingerprint density at radius 2 is 1.95 bits per heavy atom. The largest absolute Gasteiger partial charge is 0.355 e. The minimum absolute atomic E-state index is 0.130. The highest BCUT2D eigenvalue weighted by molar-refractivity contribution is 5.80. The maximum absolute atomic E-state index is 12.3. The van der Waals surface area contributed by atoms with Crippen molar-refractivity contribution < 1.29 is 0 Å². The highest BCUT2D eigenvalue weighted by atomic mass is 16.1. The van der Waals surface area contributed by atoms with Gasteiger partial charge in [-0.3, -0.25) is 4.79 Å². The summed E-state index contributed by atoms with van der Waals surface area (Å²) >= 11 is 0. The number of pyridine rings is 1. The molecule has 0 saturated heterocycles. The number of nitrogens with one attached hydrogen (secondary N) is 1. The molecule has 1 N–H and O–H groups in total. The second-order valence-electron chi connectivity index (χ2n) is 5.29. The molecule has 1 aromatic carbocycles. The van der Waals surface area contributed by atoms with Gasteiger partial charge in [0.05, 0.1) is 0 Å². The second-order valence-corrected chi connectivity index (χ2v) is 5.29. The minimum Gasteiger partial charge on any atom is -0.355 e.